The van der Waals surface area contributed by atoms with Crippen LogP contribution in [0.15, 0.2) is 35.2 Å². The highest BCUT2D eigenvalue weighted by Crippen LogP contribution is 2.31. The third kappa shape index (κ3) is 5.14. The number of hydrogen-bond acceptors (Lipinski definition) is 8. The first-order chi connectivity index (χ1) is 15.8. The van der Waals surface area contributed by atoms with E-state index in [4.69, 9.17) is 4.74 Å². The third-order valence-corrected chi connectivity index (χ3v) is 7.44. The van der Waals surface area contributed by atoms with Crippen molar-refractivity contribution < 1.29 is 18.8 Å². The third-order valence-electron chi connectivity index (χ3n) is 5.82. The van der Waals surface area contributed by atoms with Gasteiger partial charge in [0, 0.05) is 24.4 Å². The number of nitrogens with one attached hydrogen (secondary N) is 1. The summed E-state index contributed by atoms with van der Waals surface area (Å²) in [5, 5.41) is 17.2. The van der Waals surface area contributed by atoms with E-state index in [9.17, 15) is 14.1 Å². The molecule has 1 unspecified atom stereocenters. The van der Waals surface area contributed by atoms with Gasteiger partial charge in [-0.25, -0.2) is 18.7 Å². The smallest absolute Gasteiger partial charge is 0.286 e. The minimum atomic E-state index is -2.58. The van der Waals surface area contributed by atoms with E-state index in [1.165, 1.54) is 12.6 Å². The summed E-state index contributed by atoms with van der Waals surface area (Å²) in [6.07, 6.45) is 8.75. The van der Waals surface area contributed by atoms with Gasteiger partial charge in [-0.05, 0) is 50.3 Å². The quantitative estimate of drug-likeness (QED) is 0.559. The van der Waals surface area contributed by atoms with E-state index in [0.29, 0.717) is 52.6 Å². The van der Waals surface area contributed by atoms with E-state index in [1.807, 2.05) is 6.07 Å². The fourth-order valence-electron chi connectivity index (χ4n) is 3.79. The van der Waals surface area contributed by atoms with E-state index in [2.05, 4.69) is 24.7 Å². The SMILES string of the molecule is CCS(C)(=O)=NC(=O)c1cn2ncnc(Nc3cccnc3O[C@H]3CC[C@H](O)CC3)c2c1C. The van der Waals surface area contributed by atoms with Gasteiger partial charge in [0.05, 0.1) is 21.4 Å². The molecule has 1 aliphatic carbocycles. The largest absolute Gasteiger partial charge is 0.473 e. The molecule has 1 saturated carbocycles. The van der Waals surface area contributed by atoms with E-state index < -0.39 is 15.6 Å². The number of carbonyl (C=O) groups excluding carboxylic acids is 1. The average molecular weight is 473 g/mol. The number of carbonyl (C=O) groups is 1. The van der Waals surface area contributed by atoms with Crippen molar-refractivity contribution in [1.29, 1.82) is 0 Å². The van der Waals surface area contributed by atoms with Crippen molar-refractivity contribution in [2.24, 2.45) is 4.36 Å². The van der Waals surface area contributed by atoms with Crippen LogP contribution in [0.3, 0.4) is 0 Å². The molecule has 3 aromatic heterocycles. The number of amides is 1. The summed E-state index contributed by atoms with van der Waals surface area (Å²) in [4.78, 5) is 21.4. The summed E-state index contributed by atoms with van der Waals surface area (Å²) in [7, 11) is -2.58. The second kappa shape index (κ2) is 9.44. The monoisotopic (exact) mass is 472 g/mol. The minimum absolute atomic E-state index is 0.0161. The van der Waals surface area contributed by atoms with Crippen LogP contribution in [-0.4, -0.2) is 59.0 Å². The van der Waals surface area contributed by atoms with Crippen LogP contribution in [-0.2, 0) is 9.73 Å². The second-order valence-electron chi connectivity index (χ2n) is 8.24. The lowest BCUT2D eigenvalue weighted by Gasteiger charge is -2.26. The molecule has 0 bridgehead atoms. The molecule has 2 N–H and O–H groups in total. The molecule has 33 heavy (non-hydrogen) atoms. The zero-order chi connectivity index (χ0) is 23.6. The lowest BCUT2D eigenvalue weighted by atomic mass is 9.95. The van der Waals surface area contributed by atoms with Crippen LogP contribution >= 0.6 is 0 Å². The molecular weight excluding hydrogens is 444 g/mol. The van der Waals surface area contributed by atoms with Crippen LogP contribution in [0, 0.1) is 6.92 Å². The van der Waals surface area contributed by atoms with Crippen LogP contribution < -0.4 is 10.1 Å². The molecule has 0 radical (unpaired) electrons. The Labute approximate surface area is 192 Å². The maximum Gasteiger partial charge on any atom is 0.286 e. The molecule has 10 nitrogen and oxygen atoms in total. The molecule has 3 heterocycles. The molecule has 3 aromatic rings. The summed E-state index contributed by atoms with van der Waals surface area (Å²) in [5.74, 6) is 0.677. The number of ether oxygens (including phenoxy) is 1. The van der Waals surface area contributed by atoms with Gasteiger partial charge >= 0.3 is 0 Å². The maximum absolute atomic E-state index is 12.7. The Morgan fingerprint density at radius 1 is 1.33 bits per heavy atom. The summed E-state index contributed by atoms with van der Waals surface area (Å²) in [6, 6.07) is 3.63. The number of hydrogen-bond donors (Lipinski definition) is 2. The zero-order valence-electron chi connectivity index (χ0n) is 18.9. The number of rotatable bonds is 6. The Balaban J connectivity index is 1.65. The number of fused-ring (bicyclic) bond motifs is 1. The molecule has 176 valence electrons. The van der Waals surface area contributed by atoms with Crippen molar-refractivity contribution in [2.45, 2.75) is 51.7 Å². The van der Waals surface area contributed by atoms with Gasteiger partial charge in [0.2, 0.25) is 5.88 Å². The lowest BCUT2D eigenvalue weighted by Crippen LogP contribution is -2.27. The van der Waals surface area contributed by atoms with E-state index in [-0.39, 0.29) is 12.2 Å². The van der Waals surface area contributed by atoms with Gasteiger partial charge in [-0.2, -0.15) is 9.46 Å². The summed E-state index contributed by atoms with van der Waals surface area (Å²) < 4.78 is 23.9. The highest BCUT2D eigenvalue weighted by atomic mass is 32.2. The van der Waals surface area contributed by atoms with Crippen molar-refractivity contribution >= 4 is 32.7 Å². The highest BCUT2D eigenvalue weighted by molar-refractivity contribution is 7.93. The lowest BCUT2D eigenvalue weighted by molar-refractivity contribution is 0.0647. The van der Waals surface area contributed by atoms with Crippen LogP contribution in [0.4, 0.5) is 11.5 Å². The van der Waals surface area contributed by atoms with Crippen LogP contribution in [0.1, 0.15) is 48.5 Å². The fraction of sp³-hybridized carbons (Fsp3) is 0.455. The molecule has 4 rings (SSSR count). The predicted molar refractivity (Wildman–Crippen MR) is 126 cm³/mol. The van der Waals surface area contributed by atoms with Crippen LogP contribution in [0.2, 0.25) is 0 Å². The molecule has 0 aromatic carbocycles. The zero-order valence-corrected chi connectivity index (χ0v) is 19.7. The van der Waals surface area contributed by atoms with Crippen LogP contribution in [0.25, 0.3) is 5.52 Å². The summed E-state index contributed by atoms with van der Waals surface area (Å²) >= 11 is 0. The molecule has 1 fully saturated rings. The van der Waals surface area contributed by atoms with Crippen molar-refractivity contribution in [2.75, 3.05) is 17.3 Å². The number of anilines is 2. The number of aromatic nitrogens is 4. The Morgan fingerprint density at radius 2 is 2.09 bits per heavy atom. The first-order valence-corrected chi connectivity index (χ1v) is 13.0. The van der Waals surface area contributed by atoms with Gasteiger partial charge < -0.3 is 15.2 Å². The Morgan fingerprint density at radius 3 is 2.82 bits per heavy atom. The number of aliphatic hydroxyl groups is 1. The summed E-state index contributed by atoms with van der Waals surface area (Å²) in [6.45, 7) is 3.52. The van der Waals surface area contributed by atoms with Gasteiger partial charge in [0.1, 0.15) is 23.6 Å². The number of aryl methyl sites for hydroxylation is 1. The van der Waals surface area contributed by atoms with Crippen molar-refractivity contribution in [3.05, 3.63) is 42.0 Å². The molecule has 11 heteroatoms. The van der Waals surface area contributed by atoms with Gasteiger partial charge in [-0.3, -0.25) is 4.79 Å². The molecule has 1 amide bonds. The van der Waals surface area contributed by atoms with Gasteiger partial charge in [0.15, 0.2) is 5.82 Å². The van der Waals surface area contributed by atoms with Gasteiger partial charge in [-0.1, -0.05) is 6.92 Å². The Bertz CT molecular complexity index is 1290. The first kappa shape index (κ1) is 23.1. The molecule has 1 atom stereocenters. The molecule has 0 saturated heterocycles. The van der Waals surface area contributed by atoms with E-state index >= 15 is 0 Å². The molecule has 0 spiro atoms. The standard InChI is InChI=1S/C22H28N6O4S/c1-4-33(3,31)27-21(30)17-12-28-19(14(17)2)20(24-13-25-28)26-18-6-5-11-23-22(18)32-16-9-7-15(29)8-10-16/h5-6,11-13,15-16,29H,4,7-10H2,1-3H3,(H,24,25,26)/t15-,16-,33?. The summed E-state index contributed by atoms with van der Waals surface area (Å²) in [5.41, 5.74) is 2.19. The van der Waals surface area contributed by atoms with Gasteiger partial charge in [0.25, 0.3) is 5.91 Å². The molecular formula is C22H28N6O4S. The normalized spacial score (nSPS) is 20.2. The Hall–Kier alpha value is -3.05. The predicted octanol–water partition coefficient (Wildman–Crippen LogP) is 3.12. The number of pyridine rings is 1. The number of nitrogens with zero attached hydrogens (tertiary/aromatic N) is 5. The van der Waals surface area contributed by atoms with Crippen LogP contribution in [0.5, 0.6) is 5.88 Å². The highest BCUT2D eigenvalue weighted by Gasteiger charge is 2.23. The van der Waals surface area contributed by atoms with Crippen molar-refractivity contribution in [3.63, 3.8) is 0 Å². The minimum Gasteiger partial charge on any atom is -0.473 e. The molecule has 1 aliphatic rings. The second-order valence-corrected chi connectivity index (χ2v) is 10.9. The maximum atomic E-state index is 12.7. The van der Waals surface area contributed by atoms with E-state index in [1.54, 1.807) is 36.8 Å². The van der Waals surface area contributed by atoms with E-state index in [0.717, 1.165) is 12.8 Å². The topological polar surface area (TPSA) is 131 Å². The number of aliphatic hydroxyl groups excluding tert-OH is 1. The average Bonchev–Trinajstić information content (AvgIpc) is 3.14. The van der Waals surface area contributed by atoms with Gasteiger partial charge in [-0.15, -0.1) is 0 Å². The first-order valence-electron chi connectivity index (χ1n) is 10.9. The molecule has 0 aliphatic heterocycles. The fourth-order valence-corrected chi connectivity index (χ4v) is 4.36. The Kier molecular flexibility index (Phi) is 6.61. The van der Waals surface area contributed by atoms with Crippen molar-refractivity contribution in [3.8, 4) is 5.88 Å². The van der Waals surface area contributed by atoms with Crippen molar-refractivity contribution in [1.82, 2.24) is 19.6 Å².